The van der Waals surface area contributed by atoms with Crippen molar-refractivity contribution < 1.29 is 13.2 Å². The molecule has 1 amide bonds. The predicted octanol–water partition coefficient (Wildman–Crippen LogP) is 2.30. The molecule has 0 aromatic rings. The topological polar surface area (TPSA) is 54.5 Å². The summed E-state index contributed by atoms with van der Waals surface area (Å²) in [4.78, 5) is 13.5. The molecule has 18 heavy (non-hydrogen) atoms. The molecule has 0 aromatic heterocycles. The Kier molecular flexibility index (Phi) is 8.83. The van der Waals surface area contributed by atoms with Gasteiger partial charge in [-0.1, -0.05) is 13.8 Å². The van der Waals surface area contributed by atoms with E-state index in [1.54, 1.807) is 14.0 Å². The van der Waals surface area contributed by atoms with Gasteiger partial charge in [-0.15, -0.1) is 11.8 Å². The van der Waals surface area contributed by atoms with Gasteiger partial charge in [-0.05, 0) is 24.4 Å². The Hall–Kier alpha value is 0.470. The van der Waals surface area contributed by atoms with Crippen LogP contribution < -0.4 is 0 Å². The molecule has 3 unspecified atom stereocenters. The maximum atomic E-state index is 12.2. The van der Waals surface area contributed by atoms with Gasteiger partial charge in [0.1, 0.15) is 0 Å². The van der Waals surface area contributed by atoms with E-state index in [9.17, 15) is 13.2 Å². The first-order chi connectivity index (χ1) is 8.35. The van der Waals surface area contributed by atoms with Crippen LogP contribution in [0.2, 0.25) is 0 Å². The SMILES string of the molecule is CCSC(SC(=O)N(C)CC)(S(C)=O)S(=O)CC. The Morgan fingerprint density at radius 3 is 2.17 bits per heavy atom. The van der Waals surface area contributed by atoms with Gasteiger partial charge in [0.05, 0.1) is 21.6 Å². The first-order valence-electron chi connectivity index (χ1n) is 5.65. The fourth-order valence-corrected chi connectivity index (χ4v) is 8.36. The van der Waals surface area contributed by atoms with Gasteiger partial charge in [0.25, 0.3) is 5.24 Å². The van der Waals surface area contributed by atoms with Crippen LogP contribution in [0.1, 0.15) is 20.8 Å². The lowest BCUT2D eigenvalue weighted by Crippen LogP contribution is -2.37. The van der Waals surface area contributed by atoms with E-state index in [0.29, 0.717) is 18.1 Å². The third kappa shape index (κ3) is 4.54. The summed E-state index contributed by atoms with van der Waals surface area (Å²) >= 11 is 2.28. The molecule has 8 heteroatoms. The molecule has 0 bridgehead atoms. The fraction of sp³-hybridized carbons (Fsp3) is 0.900. The molecule has 0 rings (SSSR count). The molecular weight excluding hydrogens is 310 g/mol. The van der Waals surface area contributed by atoms with Crippen molar-refractivity contribution in [3.8, 4) is 0 Å². The van der Waals surface area contributed by atoms with E-state index in [1.807, 2.05) is 13.8 Å². The first kappa shape index (κ1) is 18.5. The molecule has 0 aliphatic heterocycles. The fourth-order valence-electron chi connectivity index (χ4n) is 1.08. The van der Waals surface area contributed by atoms with E-state index < -0.39 is 24.3 Å². The van der Waals surface area contributed by atoms with Crippen LogP contribution in [-0.2, 0) is 21.6 Å². The normalized spacial score (nSPS) is 17.8. The highest BCUT2D eigenvalue weighted by molar-refractivity contribution is 8.45. The smallest absolute Gasteiger partial charge is 0.284 e. The number of hydrogen-bond acceptors (Lipinski definition) is 5. The zero-order valence-corrected chi connectivity index (χ0v) is 14.7. The molecule has 0 saturated carbocycles. The summed E-state index contributed by atoms with van der Waals surface area (Å²) in [7, 11) is -0.982. The van der Waals surface area contributed by atoms with Gasteiger partial charge >= 0.3 is 0 Å². The molecule has 0 fully saturated rings. The summed E-state index contributed by atoms with van der Waals surface area (Å²) in [5.74, 6) is 1.06. The van der Waals surface area contributed by atoms with E-state index in [2.05, 4.69) is 0 Å². The standard InChI is InChI=1S/C10H21NO3S4/c1-6-11(4)9(12)16-10(15-7-2,17(5)13)18(14)8-3/h6-8H2,1-5H3. The van der Waals surface area contributed by atoms with Crippen LogP contribution >= 0.6 is 23.5 Å². The number of thioether (sulfide) groups is 2. The van der Waals surface area contributed by atoms with E-state index >= 15 is 0 Å². The quantitative estimate of drug-likeness (QED) is 0.670. The molecule has 0 aliphatic rings. The minimum absolute atomic E-state index is 0.185. The molecular formula is C10H21NO3S4. The number of carbonyl (C=O) groups is 1. The molecule has 108 valence electrons. The van der Waals surface area contributed by atoms with Crippen molar-refractivity contribution in [2.24, 2.45) is 0 Å². The molecule has 0 heterocycles. The van der Waals surface area contributed by atoms with Crippen molar-refractivity contribution in [1.29, 1.82) is 0 Å². The number of nitrogens with zero attached hydrogens (tertiary/aromatic N) is 1. The van der Waals surface area contributed by atoms with Crippen LogP contribution in [-0.4, -0.2) is 52.7 Å². The molecule has 0 N–H and O–H groups in total. The number of amides is 1. The Morgan fingerprint density at radius 2 is 1.83 bits per heavy atom. The second-order valence-corrected chi connectivity index (χ2v) is 11.0. The number of carbonyl (C=O) groups excluding carboxylic acids is 1. The van der Waals surface area contributed by atoms with Gasteiger partial charge < -0.3 is 4.90 Å². The Balaban J connectivity index is 5.25. The van der Waals surface area contributed by atoms with Crippen LogP contribution in [0, 0.1) is 0 Å². The van der Waals surface area contributed by atoms with Gasteiger partial charge in [-0.3, -0.25) is 13.2 Å². The second kappa shape index (κ2) is 8.60. The number of hydrogen-bond donors (Lipinski definition) is 0. The molecule has 0 saturated heterocycles. The van der Waals surface area contributed by atoms with Crippen LogP contribution in [0.4, 0.5) is 4.79 Å². The van der Waals surface area contributed by atoms with Crippen LogP contribution in [0.3, 0.4) is 0 Å². The Labute approximate surface area is 123 Å². The summed E-state index contributed by atoms with van der Waals surface area (Å²) in [6, 6.07) is 0. The molecule has 4 nitrogen and oxygen atoms in total. The van der Waals surface area contributed by atoms with Crippen molar-refractivity contribution in [2.75, 3.05) is 31.4 Å². The van der Waals surface area contributed by atoms with Crippen molar-refractivity contribution in [1.82, 2.24) is 4.90 Å². The zero-order chi connectivity index (χ0) is 14.3. The lowest BCUT2D eigenvalue weighted by atomic mass is 10.7. The molecule has 0 aliphatic carbocycles. The van der Waals surface area contributed by atoms with E-state index in [4.69, 9.17) is 0 Å². The summed E-state index contributed by atoms with van der Waals surface area (Å²) in [6.07, 6.45) is 1.52. The summed E-state index contributed by atoms with van der Waals surface area (Å²) in [6.45, 7) is 6.14. The maximum Gasteiger partial charge on any atom is 0.284 e. The Bertz CT molecular complexity index is 337. The second-order valence-electron chi connectivity index (χ2n) is 3.40. The third-order valence-corrected chi connectivity index (χ3v) is 11.0. The third-order valence-electron chi connectivity index (χ3n) is 2.21. The molecule has 3 atom stereocenters. The summed E-state index contributed by atoms with van der Waals surface area (Å²) < 4.78 is 23.2. The molecule has 0 spiro atoms. The summed E-state index contributed by atoms with van der Waals surface area (Å²) in [5, 5.41) is -0.185. The van der Waals surface area contributed by atoms with E-state index in [0.717, 1.165) is 11.8 Å². The monoisotopic (exact) mass is 331 g/mol. The maximum absolute atomic E-state index is 12.2. The highest BCUT2D eigenvalue weighted by Crippen LogP contribution is 2.44. The van der Waals surface area contributed by atoms with Crippen molar-refractivity contribution in [3.05, 3.63) is 0 Å². The van der Waals surface area contributed by atoms with Crippen LogP contribution in [0.5, 0.6) is 0 Å². The van der Waals surface area contributed by atoms with Crippen molar-refractivity contribution in [2.45, 2.75) is 23.5 Å². The lowest BCUT2D eigenvalue weighted by Gasteiger charge is -2.29. The highest BCUT2D eigenvalue weighted by atomic mass is 32.3. The van der Waals surface area contributed by atoms with Gasteiger partial charge in [-0.2, -0.15) is 0 Å². The molecule has 0 aromatic carbocycles. The van der Waals surface area contributed by atoms with E-state index in [-0.39, 0.29) is 5.24 Å². The lowest BCUT2D eigenvalue weighted by molar-refractivity contribution is 0.235. The zero-order valence-electron chi connectivity index (χ0n) is 11.4. The largest absolute Gasteiger partial charge is 0.337 e. The molecule has 0 radical (unpaired) electrons. The Morgan fingerprint density at radius 1 is 1.28 bits per heavy atom. The van der Waals surface area contributed by atoms with Gasteiger partial charge in [0, 0.05) is 25.6 Å². The highest BCUT2D eigenvalue weighted by Gasteiger charge is 2.44. The summed E-state index contributed by atoms with van der Waals surface area (Å²) in [5.41, 5.74) is 0. The van der Waals surface area contributed by atoms with Crippen molar-refractivity contribution in [3.63, 3.8) is 0 Å². The van der Waals surface area contributed by atoms with Crippen molar-refractivity contribution >= 4 is 50.4 Å². The van der Waals surface area contributed by atoms with Crippen LogP contribution in [0.15, 0.2) is 0 Å². The van der Waals surface area contributed by atoms with Crippen LogP contribution in [0.25, 0.3) is 0 Å². The number of rotatable bonds is 7. The average molecular weight is 332 g/mol. The predicted molar refractivity (Wildman–Crippen MR) is 84.9 cm³/mol. The van der Waals surface area contributed by atoms with Gasteiger partial charge in [-0.25, -0.2) is 0 Å². The minimum Gasteiger partial charge on any atom is -0.337 e. The van der Waals surface area contributed by atoms with E-state index in [1.165, 1.54) is 22.9 Å². The minimum atomic E-state index is -1.35. The average Bonchev–Trinajstić information content (AvgIpc) is 2.35. The van der Waals surface area contributed by atoms with Gasteiger partial charge in [0.15, 0.2) is 0 Å². The van der Waals surface area contributed by atoms with Gasteiger partial charge in [0.2, 0.25) is 2.74 Å². The first-order valence-corrected chi connectivity index (χ1v) is 10.3.